The number of amides is 1. The monoisotopic (exact) mass is 472 g/mol. The molecule has 3 aromatic rings. The van der Waals surface area contributed by atoms with Crippen LogP contribution < -0.4 is 5.32 Å². The molecule has 7 nitrogen and oxygen atoms in total. The quantitative estimate of drug-likeness (QED) is 0.548. The van der Waals surface area contributed by atoms with Gasteiger partial charge in [0.2, 0.25) is 0 Å². The van der Waals surface area contributed by atoms with Crippen LogP contribution in [0.25, 0.3) is 11.0 Å². The van der Waals surface area contributed by atoms with Crippen molar-refractivity contribution in [2.75, 3.05) is 36.5 Å². The highest BCUT2D eigenvalue weighted by molar-refractivity contribution is 7.99. The molecule has 1 amide bonds. The third-order valence-corrected chi connectivity index (χ3v) is 6.01. The molecule has 0 spiro atoms. The minimum atomic E-state index is -0.359. The number of ether oxygens (including phenoxy) is 1. The summed E-state index contributed by atoms with van der Waals surface area (Å²) in [4.78, 5) is 36.1. The van der Waals surface area contributed by atoms with Crippen LogP contribution in [0.2, 0.25) is 0 Å². The third-order valence-electron chi connectivity index (χ3n) is 5.06. The molecule has 1 N–H and O–H groups in total. The van der Waals surface area contributed by atoms with Gasteiger partial charge in [0.25, 0.3) is 5.91 Å². The Morgan fingerprint density at radius 2 is 1.84 bits per heavy atom. The summed E-state index contributed by atoms with van der Waals surface area (Å²) in [5, 5.41) is 4.14. The van der Waals surface area contributed by atoms with Crippen LogP contribution >= 0.6 is 24.2 Å². The molecule has 1 saturated heterocycles. The third kappa shape index (κ3) is 5.14. The van der Waals surface area contributed by atoms with E-state index in [-0.39, 0.29) is 24.3 Å². The van der Waals surface area contributed by atoms with Gasteiger partial charge in [-0.3, -0.25) is 4.79 Å². The smallest absolute Gasteiger partial charge is 0.338 e. The van der Waals surface area contributed by atoms with Gasteiger partial charge in [0.15, 0.2) is 5.65 Å². The van der Waals surface area contributed by atoms with E-state index in [0.717, 1.165) is 41.4 Å². The van der Waals surface area contributed by atoms with Crippen molar-refractivity contribution in [3.63, 3.8) is 0 Å². The fourth-order valence-electron chi connectivity index (χ4n) is 3.45. The second kappa shape index (κ2) is 10.7. The van der Waals surface area contributed by atoms with Crippen LogP contribution in [0, 0.1) is 6.92 Å². The minimum absolute atomic E-state index is 0. The summed E-state index contributed by atoms with van der Waals surface area (Å²) in [5.74, 6) is 1.47. The Labute approximate surface area is 197 Å². The minimum Gasteiger partial charge on any atom is -0.462 e. The number of carbonyl (C=O) groups excluding carboxylic acids is 2. The van der Waals surface area contributed by atoms with Crippen molar-refractivity contribution >= 4 is 58.5 Å². The lowest BCUT2D eigenvalue weighted by atomic mass is 10.1. The van der Waals surface area contributed by atoms with E-state index in [4.69, 9.17) is 4.74 Å². The number of fused-ring (bicyclic) bond motifs is 1. The first-order valence-electron chi connectivity index (χ1n) is 10.2. The Bertz CT molecular complexity index is 1120. The summed E-state index contributed by atoms with van der Waals surface area (Å²) in [5.41, 5.74) is 3.85. The maximum atomic E-state index is 13.3. The SMILES string of the molecule is CCOC(=O)c1ccc(Nc2c(C(=O)N3CCSCC3)cnc3nc(C)ccc23)cc1.Cl. The van der Waals surface area contributed by atoms with Crippen LogP contribution in [0.15, 0.2) is 42.6 Å². The second-order valence-corrected chi connectivity index (χ2v) is 8.42. The molecule has 168 valence electrons. The molecule has 0 saturated carbocycles. The number of aryl methyl sites for hydroxylation is 1. The number of pyridine rings is 2. The van der Waals surface area contributed by atoms with Gasteiger partial charge in [-0.1, -0.05) is 0 Å². The summed E-state index contributed by atoms with van der Waals surface area (Å²) in [6.07, 6.45) is 1.61. The number of halogens is 1. The number of anilines is 2. The van der Waals surface area contributed by atoms with Gasteiger partial charge in [-0.15, -0.1) is 12.4 Å². The normalized spacial score (nSPS) is 13.4. The Morgan fingerprint density at radius 1 is 1.12 bits per heavy atom. The van der Waals surface area contributed by atoms with E-state index in [9.17, 15) is 9.59 Å². The predicted molar refractivity (Wildman–Crippen MR) is 130 cm³/mol. The van der Waals surface area contributed by atoms with Gasteiger partial charge in [0.05, 0.1) is 23.4 Å². The van der Waals surface area contributed by atoms with Gasteiger partial charge in [0.1, 0.15) is 0 Å². The predicted octanol–water partition coefficient (Wildman–Crippen LogP) is 4.47. The van der Waals surface area contributed by atoms with E-state index in [1.165, 1.54) is 0 Å². The standard InChI is InChI=1S/C23H24N4O3S.ClH/c1-3-30-23(29)16-5-7-17(8-6-16)26-20-18-9-4-15(2)25-21(18)24-14-19(20)22(28)27-10-12-31-13-11-27;/h4-9,14H,3,10-13H2,1-2H3,(H,24,25,26);1H. The molecule has 4 rings (SSSR count). The molecule has 0 bridgehead atoms. The lowest BCUT2D eigenvalue weighted by molar-refractivity contribution is 0.0526. The summed E-state index contributed by atoms with van der Waals surface area (Å²) in [6, 6.07) is 10.8. The highest BCUT2D eigenvalue weighted by Gasteiger charge is 2.23. The van der Waals surface area contributed by atoms with Gasteiger partial charge < -0.3 is 15.0 Å². The average Bonchev–Trinajstić information content (AvgIpc) is 2.80. The molecule has 1 aliphatic rings. The van der Waals surface area contributed by atoms with Gasteiger partial charge >= 0.3 is 5.97 Å². The van der Waals surface area contributed by atoms with Crippen LogP contribution in [-0.4, -0.2) is 57.9 Å². The van der Waals surface area contributed by atoms with Crippen LogP contribution in [0.4, 0.5) is 11.4 Å². The molecule has 1 aromatic carbocycles. The van der Waals surface area contributed by atoms with Gasteiger partial charge in [0, 0.05) is 47.6 Å². The summed E-state index contributed by atoms with van der Waals surface area (Å²) in [6.45, 7) is 5.46. The lowest BCUT2D eigenvalue weighted by Gasteiger charge is -2.27. The number of rotatable bonds is 5. The number of nitrogens with zero attached hydrogens (tertiary/aromatic N) is 3. The van der Waals surface area contributed by atoms with Crippen LogP contribution in [0.1, 0.15) is 33.3 Å². The van der Waals surface area contributed by atoms with Crippen LogP contribution in [-0.2, 0) is 4.74 Å². The van der Waals surface area contributed by atoms with Crippen LogP contribution in [0.5, 0.6) is 0 Å². The summed E-state index contributed by atoms with van der Waals surface area (Å²) >= 11 is 1.86. The van der Waals surface area contributed by atoms with Gasteiger partial charge in [-0.2, -0.15) is 11.8 Å². The summed E-state index contributed by atoms with van der Waals surface area (Å²) in [7, 11) is 0. The molecular formula is C23H25ClN4O3S. The number of hydrogen-bond acceptors (Lipinski definition) is 7. The molecular weight excluding hydrogens is 448 g/mol. The highest BCUT2D eigenvalue weighted by atomic mass is 35.5. The molecule has 1 fully saturated rings. The fraction of sp³-hybridized carbons (Fsp3) is 0.304. The van der Waals surface area contributed by atoms with E-state index in [1.807, 2.05) is 35.7 Å². The van der Waals surface area contributed by atoms with Crippen molar-refractivity contribution in [2.24, 2.45) is 0 Å². The first-order valence-corrected chi connectivity index (χ1v) is 11.4. The number of hydrogen-bond donors (Lipinski definition) is 1. The number of nitrogens with one attached hydrogen (secondary N) is 1. The Kier molecular flexibility index (Phi) is 7.93. The first-order chi connectivity index (χ1) is 15.1. The Morgan fingerprint density at radius 3 is 2.53 bits per heavy atom. The maximum absolute atomic E-state index is 13.3. The van der Waals surface area contributed by atoms with E-state index < -0.39 is 0 Å². The zero-order valence-corrected chi connectivity index (χ0v) is 19.6. The summed E-state index contributed by atoms with van der Waals surface area (Å²) < 4.78 is 5.04. The largest absolute Gasteiger partial charge is 0.462 e. The molecule has 3 heterocycles. The molecule has 0 atom stereocenters. The lowest BCUT2D eigenvalue weighted by Crippen LogP contribution is -2.38. The van der Waals surface area contributed by atoms with Crippen LogP contribution in [0.3, 0.4) is 0 Å². The van der Waals surface area contributed by atoms with Crippen molar-refractivity contribution in [3.8, 4) is 0 Å². The Balaban J connectivity index is 0.00000289. The van der Waals surface area contributed by atoms with Gasteiger partial charge in [-0.05, 0) is 50.2 Å². The molecule has 0 aliphatic carbocycles. The van der Waals surface area contributed by atoms with Crippen molar-refractivity contribution < 1.29 is 14.3 Å². The van der Waals surface area contributed by atoms with Crippen molar-refractivity contribution in [2.45, 2.75) is 13.8 Å². The number of carbonyl (C=O) groups is 2. The first kappa shape index (κ1) is 23.8. The topological polar surface area (TPSA) is 84.4 Å². The number of benzene rings is 1. The van der Waals surface area contributed by atoms with Crippen molar-refractivity contribution in [1.82, 2.24) is 14.9 Å². The van der Waals surface area contributed by atoms with E-state index in [1.54, 1.807) is 37.4 Å². The van der Waals surface area contributed by atoms with Gasteiger partial charge in [-0.25, -0.2) is 14.8 Å². The zero-order chi connectivity index (χ0) is 21.8. The average molecular weight is 473 g/mol. The second-order valence-electron chi connectivity index (χ2n) is 7.20. The molecule has 32 heavy (non-hydrogen) atoms. The Hall–Kier alpha value is -2.84. The van der Waals surface area contributed by atoms with Crippen molar-refractivity contribution in [1.29, 1.82) is 0 Å². The molecule has 9 heteroatoms. The molecule has 2 aromatic heterocycles. The maximum Gasteiger partial charge on any atom is 0.338 e. The van der Waals surface area contributed by atoms with E-state index >= 15 is 0 Å². The van der Waals surface area contributed by atoms with Crippen molar-refractivity contribution in [3.05, 3.63) is 59.4 Å². The zero-order valence-electron chi connectivity index (χ0n) is 18.0. The highest BCUT2D eigenvalue weighted by Crippen LogP contribution is 2.30. The number of esters is 1. The number of aromatic nitrogens is 2. The van der Waals surface area contributed by atoms with E-state index in [0.29, 0.717) is 29.1 Å². The number of thioether (sulfide) groups is 1. The molecule has 1 aliphatic heterocycles. The molecule has 0 unspecified atom stereocenters. The fourth-order valence-corrected chi connectivity index (χ4v) is 4.36. The molecule has 0 radical (unpaired) electrons. The van der Waals surface area contributed by atoms with E-state index in [2.05, 4.69) is 15.3 Å².